The second-order valence-electron chi connectivity index (χ2n) is 7.43. The first-order valence-electron chi connectivity index (χ1n) is 9.97. The SMILES string of the molecule is Cc1cccc(CC(=O)NCCn2ncc3c(=O)n(Cc4cccc(F)c4)cnc32)c1. The van der Waals surface area contributed by atoms with E-state index >= 15 is 0 Å². The second kappa shape index (κ2) is 8.91. The predicted octanol–water partition coefficient (Wildman–Crippen LogP) is 2.45. The van der Waals surface area contributed by atoms with Crippen molar-refractivity contribution in [3.63, 3.8) is 0 Å². The maximum atomic E-state index is 13.4. The van der Waals surface area contributed by atoms with Gasteiger partial charge in [0.15, 0.2) is 5.65 Å². The average Bonchev–Trinajstić information content (AvgIpc) is 3.14. The fourth-order valence-corrected chi connectivity index (χ4v) is 3.48. The average molecular weight is 419 g/mol. The Kier molecular flexibility index (Phi) is 5.88. The highest BCUT2D eigenvalue weighted by atomic mass is 19.1. The first kappa shape index (κ1) is 20.5. The lowest BCUT2D eigenvalue weighted by molar-refractivity contribution is -0.120. The van der Waals surface area contributed by atoms with E-state index in [0.29, 0.717) is 36.1 Å². The van der Waals surface area contributed by atoms with Crippen molar-refractivity contribution < 1.29 is 9.18 Å². The zero-order valence-corrected chi connectivity index (χ0v) is 17.1. The van der Waals surface area contributed by atoms with Crippen LogP contribution in [0.15, 0.2) is 65.8 Å². The standard InChI is InChI=1S/C23H22FN5O2/c1-16-4-2-5-17(10-16)12-21(30)25-8-9-29-22-20(13-27-29)23(31)28(15-26-22)14-18-6-3-7-19(24)11-18/h2-7,10-11,13,15H,8-9,12,14H2,1H3,(H,25,30). The molecule has 8 heteroatoms. The summed E-state index contributed by atoms with van der Waals surface area (Å²) in [5.41, 5.74) is 2.95. The number of halogens is 1. The molecule has 2 heterocycles. The van der Waals surface area contributed by atoms with Crippen molar-refractivity contribution in [1.29, 1.82) is 0 Å². The minimum absolute atomic E-state index is 0.0764. The van der Waals surface area contributed by atoms with Gasteiger partial charge in [-0.05, 0) is 30.2 Å². The van der Waals surface area contributed by atoms with E-state index in [1.54, 1.807) is 16.8 Å². The summed E-state index contributed by atoms with van der Waals surface area (Å²) in [5, 5.41) is 7.49. The summed E-state index contributed by atoms with van der Waals surface area (Å²) in [6, 6.07) is 13.9. The molecule has 1 N–H and O–H groups in total. The molecule has 0 aliphatic carbocycles. The Hall–Kier alpha value is -3.81. The third-order valence-electron chi connectivity index (χ3n) is 4.96. The Morgan fingerprint density at radius 2 is 1.94 bits per heavy atom. The largest absolute Gasteiger partial charge is 0.354 e. The number of carbonyl (C=O) groups is 1. The molecule has 0 unspecified atom stereocenters. The molecule has 4 rings (SSSR count). The first-order valence-corrected chi connectivity index (χ1v) is 9.97. The molecule has 0 spiro atoms. The summed E-state index contributed by atoms with van der Waals surface area (Å²) in [6.45, 7) is 2.97. The molecule has 0 bridgehead atoms. The molecule has 7 nitrogen and oxygen atoms in total. The number of hydrogen-bond donors (Lipinski definition) is 1. The van der Waals surface area contributed by atoms with E-state index in [2.05, 4.69) is 15.4 Å². The summed E-state index contributed by atoms with van der Waals surface area (Å²) in [7, 11) is 0. The van der Waals surface area contributed by atoms with Gasteiger partial charge in [-0.25, -0.2) is 14.1 Å². The summed E-state index contributed by atoms with van der Waals surface area (Å²) in [5.74, 6) is -0.427. The normalized spacial score (nSPS) is 11.0. The van der Waals surface area contributed by atoms with Crippen molar-refractivity contribution in [2.24, 2.45) is 0 Å². The number of nitrogens with zero attached hydrogens (tertiary/aromatic N) is 4. The van der Waals surface area contributed by atoms with E-state index in [9.17, 15) is 14.0 Å². The van der Waals surface area contributed by atoms with E-state index in [0.717, 1.165) is 11.1 Å². The molecular formula is C23H22FN5O2. The molecule has 158 valence electrons. The van der Waals surface area contributed by atoms with E-state index in [1.807, 2.05) is 31.2 Å². The monoisotopic (exact) mass is 419 g/mol. The van der Waals surface area contributed by atoms with E-state index < -0.39 is 0 Å². The molecular weight excluding hydrogens is 397 g/mol. The maximum Gasteiger partial charge on any atom is 0.264 e. The molecule has 0 aliphatic heterocycles. The van der Waals surface area contributed by atoms with Crippen LogP contribution < -0.4 is 10.9 Å². The van der Waals surface area contributed by atoms with Gasteiger partial charge in [0.05, 0.1) is 25.7 Å². The van der Waals surface area contributed by atoms with Crippen molar-refractivity contribution in [3.05, 3.63) is 93.9 Å². The van der Waals surface area contributed by atoms with Gasteiger partial charge < -0.3 is 5.32 Å². The minimum atomic E-state index is -0.350. The smallest absolute Gasteiger partial charge is 0.264 e. The summed E-state index contributed by atoms with van der Waals surface area (Å²) >= 11 is 0. The summed E-state index contributed by atoms with van der Waals surface area (Å²) in [4.78, 5) is 29.3. The van der Waals surface area contributed by atoms with Crippen molar-refractivity contribution in [2.75, 3.05) is 6.54 Å². The number of carbonyl (C=O) groups excluding carboxylic acids is 1. The van der Waals surface area contributed by atoms with Gasteiger partial charge in [0.1, 0.15) is 17.5 Å². The van der Waals surface area contributed by atoms with Gasteiger partial charge in [0.25, 0.3) is 5.56 Å². The maximum absolute atomic E-state index is 13.4. The number of amides is 1. The van der Waals surface area contributed by atoms with E-state index in [4.69, 9.17) is 0 Å². The molecule has 2 aromatic carbocycles. The highest BCUT2D eigenvalue weighted by Crippen LogP contribution is 2.08. The van der Waals surface area contributed by atoms with Crippen molar-refractivity contribution >= 4 is 16.9 Å². The number of aromatic nitrogens is 4. The molecule has 4 aromatic rings. The zero-order chi connectivity index (χ0) is 21.8. The minimum Gasteiger partial charge on any atom is -0.354 e. The number of nitrogens with one attached hydrogen (secondary N) is 1. The van der Waals surface area contributed by atoms with Gasteiger partial charge in [-0.3, -0.25) is 14.2 Å². The Bertz CT molecular complexity index is 1290. The lowest BCUT2D eigenvalue weighted by Gasteiger charge is -2.08. The van der Waals surface area contributed by atoms with E-state index in [1.165, 1.54) is 29.2 Å². The number of benzene rings is 2. The Morgan fingerprint density at radius 1 is 1.13 bits per heavy atom. The Labute approximate surface area is 178 Å². The highest BCUT2D eigenvalue weighted by molar-refractivity contribution is 5.78. The van der Waals surface area contributed by atoms with Crippen LogP contribution in [0.5, 0.6) is 0 Å². The highest BCUT2D eigenvalue weighted by Gasteiger charge is 2.11. The zero-order valence-electron chi connectivity index (χ0n) is 17.1. The number of hydrogen-bond acceptors (Lipinski definition) is 4. The molecule has 0 fully saturated rings. The van der Waals surface area contributed by atoms with Crippen LogP contribution in [0.25, 0.3) is 11.0 Å². The second-order valence-corrected chi connectivity index (χ2v) is 7.43. The van der Waals surface area contributed by atoms with Gasteiger partial charge >= 0.3 is 0 Å². The predicted molar refractivity (Wildman–Crippen MR) is 115 cm³/mol. The Morgan fingerprint density at radius 3 is 2.74 bits per heavy atom. The number of fused-ring (bicyclic) bond motifs is 1. The van der Waals surface area contributed by atoms with Crippen LogP contribution in [0.4, 0.5) is 4.39 Å². The van der Waals surface area contributed by atoms with Crippen LogP contribution in [-0.4, -0.2) is 31.8 Å². The fraction of sp³-hybridized carbons (Fsp3) is 0.217. The van der Waals surface area contributed by atoms with Gasteiger partial charge in [-0.15, -0.1) is 0 Å². The van der Waals surface area contributed by atoms with Crippen LogP contribution in [0.3, 0.4) is 0 Å². The van der Waals surface area contributed by atoms with Crippen LogP contribution in [0, 0.1) is 12.7 Å². The first-order chi connectivity index (χ1) is 15.0. The lowest BCUT2D eigenvalue weighted by atomic mass is 10.1. The van der Waals surface area contributed by atoms with Gasteiger partial charge in [0.2, 0.25) is 5.91 Å². The van der Waals surface area contributed by atoms with Gasteiger partial charge in [-0.1, -0.05) is 42.0 Å². The van der Waals surface area contributed by atoms with Crippen LogP contribution in [0.1, 0.15) is 16.7 Å². The summed E-state index contributed by atoms with van der Waals surface area (Å²) < 4.78 is 16.4. The molecule has 31 heavy (non-hydrogen) atoms. The van der Waals surface area contributed by atoms with Crippen LogP contribution in [0.2, 0.25) is 0 Å². The van der Waals surface area contributed by atoms with Crippen LogP contribution in [-0.2, 0) is 24.3 Å². The molecule has 0 saturated carbocycles. The van der Waals surface area contributed by atoms with Crippen molar-refractivity contribution in [2.45, 2.75) is 26.4 Å². The Balaban J connectivity index is 1.40. The molecule has 0 aliphatic rings. The third kappa shape index (κ3) is 4.85. The number of aryl methyl sites for hydroxylation is 1. The quantitative estimate of drug-likeness (QED) is 0.499. The third-order valence-corrected chi connectivity index (χ3v) is 4.96. The molecule has 1 amide bonds. The lowest BCUT2D eigenvalue weighted by Crippen LogP contribution is -2.29. The van der Waals surface area contributed by atoms with E-state index in [-0.39, 0.29) is 23.8 Å². The molecule has 2 aromatic heterocycles. The molecule has 0 atom stereocenters. The number of rotatable bonds is 7. The van der Waals surface area contributed by atoms with Gasteiger partial charge in [-0.2, -0.15) is 5.10 Å². The van der Waals surface area contributed by atoms with Crippen molar-refractivity contribution in [1.82, 2.24) is 24.6 Å². The fourth-order valence-electron chi connectivity index (χ4n) is 3.48. The van der Waals surface area contributed by atoms with Crippen molar-refractivity contribution in [3.8, 4) is 0 Å². The topological polar surface area (TPSA) is 81.8 Å². The van der Waals surface area contributed by atoms with Crippen LogP contribution >= 0.6 is 0 Å². The van der Waals surface area contributed by atoms with Gasteiger partial charge in [0, 0.05) is 6.54 Å². The molecule has 0 saturated heterocycles. The summed E-state index contributed by atoms with van der Waals surface area (Å²) in [6.07, 6.45) is 3.22. The molecule has 0 radical (unpaired) electrons.